The first-order valence-corrected chi connectivity index (χ1v) is 5.57. The number of nitrogens with zero attached hydrogens (tertiary/aromatic N) is 1. The summed E-state index contributed by atoms with van der Waals surface area (Å²) in [6.07, 6.45) is 0.662. The summed E-state index contributed by atoms with van der Waals surface area (Å²) in [5.41, 5.74) is 0.903. The predicted molar refractivity (Wildman–Crippen MR) is 63.8 cm³/mol. The van der Waals surface area contributed by atoms with Crippen LogP contribution in [0.3, 0.4) is 0 Å². The van der Waals surface area contributed by atoms with Crippen LogP contribution in [0.25, 0.3) is 0 Å². The van der Waals surface area contributed by atoms with Crippen LogP contribution in [0, 0.1) is 11.3 Å². The second kappa shape index (κ2) is 6.26. The van der Waals surface area contributed by atoms with Crippen LogP contribution >= 0.6 is 15.9 Å². The molecule has 0 aliphatic rings. The molecule has 0 aromatic heterocycles. The maximum Gasteiger partial charge on any atom is 0.224 e. The van der Waals surface area contributed by atoms with E-state index in [9.17, 15) is 4.79 Å². The molecular formula is C11H11BrN2O2. The highest BCUT2D eigenvalue weighted by atomic mass is 79.9. The van der Waals surface area contributed by atoms with Crippen molar-refractivity contribution in [3.8, 4) is 6.07 Å². The zero-order chi connectivity index (χ0) is 12.0. The Morgan fingerprint density at radius 3 is 2.94 bits per heavy atom. The third kappa shape index (κ3) is 3.65. The standard InChI is InChI=1S/C11H11BrN2O2/c12-9-4-3-8(7-13)10(6-9)14-11(16)2-1-5-15/h3-4,6,15H,1-2,5H2,(H,14,16). The minimum absolute atomic E-state index is 0.0169. The molecule has 0 fully saturated rings. The third-order valence-electron chi connectivity index (χ3n) is 1.94. The highest BCUT2D eigenvalue weighted by Gasteiger charge is 2.06. The maximum atomic E-state index is 11.4. The summed E-state index contributed by atoms with van der Waals surface area (Å²) < 4.78 is 0.795. The average molecular weight is 283 g/mol. The summed E-state index contributed by atoms with van der Waals surface area (Å²) in [5, 5.41) is 20.1. The molecule has 0 bridgehead atoms. The molecule has 0 saturated heterocycles. The summed E-state index contributed by atoms with van der Waals surface area (Å²) in [6.45, 7) is -0.0169. The highest BCUT2D eigenvalue weighted by Crippen LogP contribution is 2.20. The number of carbonyl (C=O) groups excluding carboxylic acids is 1. The van der Waals surface area contributed by atoms with Gasteiger partial charge in [-0.1, -0.05) is 15.9 Å². The van der Waals surface area contributed by atoms with Crippen molar-refractivity contribution >= 4 is 27.5 Å². The molecule has 1 aromatic rings. The molecule has 0 spiro atoms. The number of aliphatic hydroxyl groups is 1. The molecule has 0 atom stereocenters. The quantitative estimate of drug-likeness (QED) is 0.888. The molecule has 16 heavy (non-hydrogen) atoms. The van der Waals surface area contributed by atoms with Gasteiger partial charge in [-0.05, 0) is 24.6 Å². The van der Waals surface area contributed by atoms with Gasteiger partial charge in [0.2, 0.25) is 5.91 Å². The fraction of sp³-hybridized carbons (Fsp3) is 0.273. The lowest BCUT2D eigenvalue weighted by molar-refractivity contribution is -0.116. The Labute approximate surface area is 102 Å². The first kappa shape index (κ1) is 12.7. The van der Waals surface area contributed by atoms with Crippen LogP contribution in [0.4, 0.5) is 5.69 Å². The van der Waals surface area contributed by atoms with Crippen LogP contribution in [0.15, 0.2) is 22.7 Å². The van der Waals surface area contributed by atoms with E-state index in [1.807, 2.05) is 6.07 Å². The van der Waals surface area contributed by atoms with Crippen molar-refractivity contribution < 1.29 is 9.90 Å². The van der Waals surface area contributed by atoms with Crippen molar-refractivity contribution in [1.29, 1.82) is 5.26 Å². The summed E-state index contributed by atoms with van der Waals surface area (Å²) in [4.78, 5) is 11.4. The van der Waals surface area contributed by atoms with Gasteiger partial charge in [0, 0.05) is 17.5 Å². The molecule has 84 valence electrons. The molecule has 0 saturated carbocycles. The maximum absolute atomic E-state index is 11.4. The summed E-state index contributed by atoms with van der Waals surface area (Å²) in [6, 6.07) is 7.04. The largest absolute Gasteiger partial charge is 0.396 e. The fourth-order valence-corrected chi connectivity index (χ4v) is 1.53. The van der Waals surface area contributed by atoms with Gasteiger partial charge in [0.25, 0.3) is 0 Å². The van der Waals surface area contributed by atoms with E-state index in [4.69, 9.17) is 10.4 Å². The van der Waals surface area contributed by atoms with Crippen molar-refractivity contribution in [3.63, 3.8) is 0 Å². The van der Waals surface area contributed by atoms with Crippen LogP contribution in [-0.4, -0.2) is 17.6 Å². The lowest BCUT2D eigenvalue weighted by Gasteiger charge is -2.06. The van der Waals surface area contributed by atoms with E-state index in [0.29, 0.717) is 17.7 Å². The van der Waals surface area contributed by atoms with E-state index in [2.05, 4.69) is 21.2 Å². The number of hydrogen-bond donors (Lipinski definition) is 2. The number of nitriles is 1. The highest BCUT2D eigenvalue weighted by molar-refractivity contribution is 9.10. The number of carbonyl (C=O) groups is 1. The monoisotopic (exact) mass is 282 g/mol. The third-order valence-corrected chi connectivity index (χ3v) is 2.43. The Bertz CT molecular complexity index is 426. The van der Waals surface area contributed by atoms with Crippen molar-refractivity contribution in [3.05, 3.63) is 28.2 Å². The smallest absolute Gasteiger partial charge is 0.224 e. The number of aliphatic hydroxyl groups excluding tert-OH is 1. The van der Waals surface area contributed by atoms with Crippen molar-refractivity contribution in [1.82, 2.24) is 0 Å². The normalized spacial score (nSPS) is 9.56. The molecule has 1 aromatic carbocycles. The Morgan fingerprint density at radius 1 is 1.56 bits per heavy atom. The van der Waals surface area contributed by atoms with Crippen molar-refractivity contribution in [2.45, 2.75) is 12.8 Å². The minimum Gasteiger partial charge on any atom is -0.396 e. The Morgan fingerprint density at radius 2 is 2.31 bits per heavy atom. The van der Waals surface area contributed by atoms with E-state index in [1.165, 1.54) is 0 Å². The number of hydrogen-bond acceptors (Lipinski definition) is 3. The number of nitrogens with one attached hydrogen (secondary N) is 1. The Hall–Kier alpha value is -1.38. The van der Waals surface area contributed by atoms with Gasteiger partial charge < -0.3 is 10.4 Å². The number of rotatable bonds is 4. The van der Waals surface area contributed by atoms with Crippen molar-refractivity contribution in [2.75, 3.05) is 11.9 Å². The Kier molecular flexibility index (Phi) is 4.96. The van der Waals surface area contributed by atoms with Crippen LogP contribution in [0.1, 0.15) is 18.4 Å². The average Bonchev–Trinajstić information content (AvgIpc) is 2.27. The van der Waals surface area contributed by atoms with Gasteiger partial charge in [0.05, 0.1) is 11.3 Å². The number of amides is 1. The molecule has 0 unspecified atom stereocenters. The first-order valence-electron chi connectivity index (χ1n) is 4.77. The van der Waals surface area contributed by atoms with E-state index in [0.717, 1.165) is 4.47 Å². The molecule has 0 aliphatic carbocycles. The lowest BCUT2D eigenvalue weighted by atomic mass is 10.2. The second-order valence-electron chi connectivity index (χ2n) is 3.18. The molecule has 1 amide bonds. The zero-order valence-electron chi connectivity index (χ0n) is 8.53. The second-order valence-corrected chi connectivity index (χ2v) is 4.09. The van der Waals surface area contributed by atoms with Crippen LogP contribution in [-0.2, 0) is 4.79 Å². The van der Waals surface area contributed by atoms with E-state index in [1.54, 1.807) is 18.2 Å². The lowest BCUT2D eigenvalue weighted by Crippen LogP contribution is -2.12. The van der Waals surface area contributed by atoms with E-state index >= 15 is 0 Å². The number of benzene rings is 1. The molecule has 0 radical (unpaired) electrons. The number of halogens is 1. The summed E-state index contributed by atoms with van der Waals surface area (Å²) in [7, 11) is 0. The zero-order valence-corrected chi connectivity index (χ0v) is 10.1. The summed E-state index contributed by atoms with van der Waals surface area (Å²) in [5.74, 6) is -0.205. The molecular weight excluding hydrogens is 272 g/mol. The molecule has 1 rings (SSSR count). The van der Waals surface area contributed by atoms with Crippen LogP contribution in [0.2, 0.25) is 0 Å². The number of anilines is 1. The van der Waals surface area contributed by atoms with Gasteiger partial charge in [0.15, 0.2) is 0 Å². The fourth-order valence-electron chi connectivity index (χ4n) is 1.17. The van der Waals surface area contributed by atoms with Gasteiger partial charge in [-0.3, -0.25) is 4.79 Å². The van der Waals surface area contributed by atoms with E-state index in [-0.39, 0.29) is 18.9 Å². The van der Waals surface area contributed by atoms with Crippen LogP contribution in [0.5, 0.6) is 0 Å². The van der Waals surface area contributed by atoms with Crippen LogP contribution < -0.4 is 5.32 Å². The topological polar surface area (TPSA) is 73.1 Å². The van der Waals surface area contributed by atoms with Gasteiger partial charge in [-0.15, -0.1) is 0 Å². The predicted octanol–water partition coefficient (Wildman–Crippen LogP) is 2.03. The molecule has 0 aliphatic heterocycles. The van der Waals surface area contributed by atoms with Crippen molar-refractivity contribution in [2.24, 2.45) is 0 Å². The van der Waals surface area contributed by atoms with Gasteiger partial charge in [-0.2, -0.15) is 5.26 Å². The van der Waals surface area contributed by atoms with Gasteiger partial charge >= 0.3 is 0 Å². The SMILES string of the molecule is N#Cc1ccc(Br)cc1NC(=O)CCCO. The van der Waals surface area contributed by atoms with E-state index < -0.39 is 0 Å². The molecule has 0 heterocycles. The molecule has 2 N–H and O–H groups in total. The molecule has 4 nitrogen and oxygen atoms in total. The summed E-state index contributed by atoms with van der Waals surface area (Å²) >= 11 is 3.27. The molecule has 5 heteroatoms. The van der Waals surface area contributed by atoms with Gasteiger partial charge in [-0.25, -0.2) is 0 Å². The first-order chi connectivity index (χ1) is 7.67. The minimum atomic E-state index is -0.205. The van der Waals surface area contributed by atoms with Gasteiger partial charge in [0.1, 0.15) is 6.07 Å². The Balaban J connectivity index is 2.76.